The predicted molar refractivity (Wildman–Crippen MR) is 43.8 cm³/mol. The van der Waals surface area contributed by atoms with Gasteiger partial charge in [0.05, 0.1) is 0 Å². The number of rotatable bonds is 2. The van der Waals surface area contributed by atoms with Gasteiger partial charge in [-0.2, -0.15) is 0 Å². The molecule has 50 valence electrons. The molecule has 0 spiro atoms. The van der Waals surface area contributed by atoms with Crippen LogP contribution in [-0.4, -0.2) is 17.7 Å². The molecule has 0 aromatic rings. The molecule has 9 heavy (non-hydrogen) atoms. The Morgan fingerprint density at radius 3 is 1.44 bits per heavy atom. The summed E-state index contributed by atoms with van der Waals surface area (Å²) in [6, 6.07) is 0. The predicted octanol–water partition coefficient (Wildman–Crippen LogP) is 2.65. The van der Waals surface area contributed by atoms with Crippen molar-refractivity contribution in [1.82, 2.24) is 0 Å². The zero-order valence-corrected chi connectivity index (χ0v) is 7.65. The van der Waals surface area contributed by atoms with Crippen LogP contribution in [0.25, 0.3) is 0 Å². The van der Waals surface area contributed by atoms with Crippen molar-refractivity contribution < 1.29 is 0 Å². The van der Waals surface area contributed by atoms with Gasteiger partial charge in [-0.3, -0.25) is 0 Å². The van der Waals surface area contributed by atoms with Crippen molar-refractivity contribution in [3.8, 4) is 0 Å². The van der Waals surface area contributed by atoms with Crippen molar-refractivity contribution in [2.75, 3.05) is 0 Å². The molecule has 0 aromatic carbocycles. The Morgan fingerprint density at radius 1 is 1.11 bits per heavy atom. The number of hydrogen-bond donors (Lipinski definition) is 0. The Balaban J connectivity index is 3.88. The molecule has 0 amide bonds. The van der Waals surface area contributed by atoms with Crippen LogP contribution in [0.1, 0.15) is 34.6 Å². The first-order valence-corrected chi connectivity index (χ1v) is 3.85. The minimum atomic E-state index is 0.480. The fraction of sp³-hybridized carbons (Fsp3) is 1.00. The number of hydrogen-bond acceptors (Lipinski definition) is 0. The van der Waals surface area contributed by atoms with E-state index in [2.05, 4.69) is 52.3 Å². The molecule has 0 rings (SSSR count). The monoisotopic (exact) mass is 120 g/mol. The van der Waals surface area contributed by atoms with Crippen LogP contribution >= 0.6 is 0 Å². The van der Waals surface area contributed by atoms with Crippen LogP contribution in [0, 0.1) is 11.8 Å². The summed E-state index contributed by atoms with van der Waals surface area (Å²) in [6.07, 6.45) is 0. The van der Waals surface area contributed by atoms with E-state index in [1.54, 1.807) is 0 Å². The van der Waals surface area contributed by atoms with Crippen LogP contribution in [0.5, 0.6) is 0 Å². The molecule has 0 fully saturated rings. The zero-order valence-electron chi connectivity index (χ0n) is 7.65. The summed E-state index contributed by atoms with van der Waals surface area (Å²) in [6.45, 7) is 11.5. The summed E-state index contributed by atoms with van der Waals surface area (Å²) in [5.74, 6) is 1.63. The van der Waals surface area contributed by atoms with E-state index in [0.29, 0.717) is 4.09 Å². The van der Waals surface area contributed by atoms with Gasteiger partial charge >= 0.3 is 68.3 Å². The zero-order chi connectivity index (χ0) is 7.65. The van der Waals surface area contributed by atoms with E-state index in [0.717, 1.165) is 11.8 Å². The van der Waals surface area contributed by atoms with Crippen molar-refractivity contribution in [2.45, 2.75) is 38.7 Å². The standard InChI is InChI=1S/C8H17.Li/c1-6(2)8(5)7(3)4;/h6,8H,1-5H3;. The quantitative estimate of drug-likeness (QED) is 0.491. The first-order valence-electron chi connectivity index (χ1n) is 3.85. The summed E-state index contributed by atoms with van der Waals surface area (Å²) >= 11 is 2.30. The van der Waals surface area contributed by atoms with Crippen LogP contribution in [0.2, 0.25) is 4.09 Å². The van der Waals surface area contributed by atoms with Crippen LogP contribution < -0.4 is 0 Å². The SMILES string of the molecule is [Li][C](C)(C)C(C)C(C)C. The molecule has 1 atom stereocenters. The second kappa shape index (κ2) is 3.13. The third-order valence-electron chi connectivity index (χ3n) is 2.37. The van der Waals surface area contributed by atoms with Gasteiger partial charge in [-0.1, -0.05) is 0 Å². The molecule has 0 nitrogen and oxygen atoms in total. The second-order valence-corrected chi connectivity index (χ2v) is 4.40. The van der Waals surface area contributed by atoms with E-state index in [1.165, 1.54) is 0 Å². The molecule has 0 radical (unpaired) electrons. The molecule has 0 bridgehead atoms. The molecule has 0 N–H and O–H groups in total. The molecule has 0 aliphatic heterocycles. The Labute approximate surface area is 68.6 Å². The van der Waals surface area contributed by atoms with Crippen molar-refractivity contribution in [1.29, 1.82) is 0 Å². The Hall–Kier alpha value is 0.597. The molecule has 0 aliphatic carbocycles. The molecule has 0 saturated heterocycles. The van der Waals surface area contributed by atoms with E-state index in [9.17, 15) is 0 Å². The van der Waals surface area contributed by atoms with Crippen LogP contribution in [0.15, 0.2) is 0 Å². The average Bonchev–Trinajstić information content (AvgIpc) is 1.62. The normalized spacial score (nSPS) is 16.4. The topological polar surface area (TPSA) is 0 Å². The average molecular weight is 120 g/mol. The van der Waals surface area contributed by atoms with Gasteiger partial charge in [-0.05, 0) is 0 Å². The first kappa shape index (κ1) is 9.60. The van der Waals surface area contributed by atoms with Crippen molar-refractivity contribution in [2.24, 2.45) is 11.8 Å². The molecule has 1 heteroatoms. The van der Waals surface area contributed by atoms with E-state index >= 15 is 0 Å². The minimum absolute atomic E-state index is 0.480. The van der Waals surface area contributed by atoms with Gasteiger partial charge in [0.25, 0.3) is 0 Å². The Morgan fingerprint density at radius 2 is 1.44 bits per heavy atom. The van der Waals surface area contributed by atoms with Gasteiger partial charge in [0.2, 0.25) is 0 Å². The van der Waals surface area contributed by atoms with E-state index in [4.69, 9.17) is 0 Å². The van der Waals surface area contributed by atoms with Crippen molar-refractivity contribution in [3.05, 3.63) is 0 Å². The molecule has 0 saturated carbocycles. The van der Waals surface area contributed by atoms with E-state index < -0.39 is 0 Å². The summed E-state index contributed by atoms with van der Waals surface area (Å²) in [7, 11) is 0. The fourth-order valence-corrected chi connectivity index (χ4v) is 1.00. The van der Waals surface area contributed by atoms with Gasteiger partial charge < -0.3 is 0 Å². The maximum atomic E-state index is 2.32. The Kier molecular flexibility index (Phi) is 3.33. The van der Waals surface area contributed by atoms with Gasteiger partial charge in [-0.25, -0.2) is 0 Å². The van der Waals surface area contributed by atoms with Crippen molar-refractivity contribution in [3.63, 3.8) is 0 Å². The molecule has 0 heterocycles. The third-order valence-corrected chi connectivity index (χ3v) is 2.37. The molecular weight excluding hydrogens is 103 g/mol. The summed E-state index contributed by atoms with van der Waals surface area (Å²) in [4.78, 5) is 0. The van der Waals surface area contributed by atoms with Gasteiger partial charge in [0.1, 0.15) is 0 Å². The van der Waals surface area contributed by atoms with E-state index in [-0.39, 0.29) is 0 Å². The van der Waals surface area contributed by atoms with Gasteiger partial charge in [0.15, 0.2) is 0 Å². The molecule has 0 aliphatic rings. The second-order valence-electron chi connectivity index (χ2n) is 4.40. The van der Waals surface area contributed by atoms with Crippen LogP contribution in [0.4, 0.5) is 0 Å². The summed E-state index contributed by atoms with van der Waals surface area (Å²) in [5, 5.41) is 0. The van der Waals surface area contributed by atoms with Crippen LogP contribution in [0.3, 0.4) is 0 Å². The summed E-state index contributed by atoms with van der Waals surface area (Å²) in [5.41, 5.74) is 0. The maximum absolute atomic E-state index is 2.32. The van der Waals surface area contributed by atoms with Crippen molar-refractivity contribution >= 4 is 17.7 Å². The van der Waals surface area contributed by atoms with Gasteiger partial charge in [-0.15, -0.1) is 0 Å². The Bertz CT molecular complexity index is 79.1. The first-order chi connectivity index (χ1) is 3.85. The molecular formula is C8H17Li. The van der Waals surface area contributed by atoms with E-state index in [1.807, 2.05) is 0 Å². The van der Waals surface area contributed by atoms with Crippen LogP contribution in [-0.2, 0) is 0 Å². The van der Waals surface area contributed by atoms with Gasteiger partial charge in [0, 0.05) is 0 Å². The third kappa shape index (κ3) is 3.33. The molecule has 0 aromatic heterocycles. The summed E-state index contributed by atoms with van der Waals surface area (Å²) < 4.78 is 0.480. The molecule has 1 unspecified atom stereocenters. The fourth-order valence-electron chi connectivity index (χ4n) is 1.00.